The molecule has 0 aliphatic carbocycles. The SMILES string of the molecule is CCc1cc2c(c(C(C)C)c1CC(=O)O)COC2. The second kappa shape index (κ2) is 5.11. The number of aryl methyl sites for hydroxylation is 1. The van der Waals surface area contributed by atoms with Crippen LogP contribution in [-0.4, -0.2) is 11.1 Å². The molecule has 1 aromatic rings. The van der Waals surface area contributed by atoms with Gasteiger partial charge in [0.1, 0.15) is 0 Å². The molecule has 0 amide bonds. The molecule has 3 nitrogen and oxygen atoms in total. The molecule has 0 unspecified atom stereocenters. The third-order valence-electron chi connectivity index (χ3n) is 3.56. The maximum absolute atomic E-state index is 11.1. The van der Waals surface area contributed by atoms with Crippen LogP contribution in [0.4, 0.5) is 0 Å². The fraction of sp³-hybridized carbons (Fsp3) is 0.533. The van der Waals surface area contributed by atoms with Gasteiger partial charge in [0, 0.05) is 0 Å². The topological polar surface area (TPSA) is 46.5 Å². The number of hydrogen-bond donors (Lipinski definition) is 1. The summed E-state index contributed by atoms with van der Waals surface area (Å²) in [5.74, 6) is -0.424. The molecule has 3 heteroatoms. The zero-order chi connectivity index (χ0) is 13.3. The van der Waals surface area contributed by atoms with Gasteiger partial charge in [0.2, 0.25) is 0 Å². The van der Waals surface area contributed by atoms with E-state index in [4.69, 9.17) is 9.84 Å². The molecule has 2 rings (SSSR count). The van der Waals surface area contributed by atoms with Crippen LogP contribution in [0.5, 0.6) is 0 Å². The predicted octanol–water partition coefficient (Wildman–Crippen LogP) is 3.03. The van der Waals surface area contributed by atoms with E-state index in [2.05, 4.69) is 26.8 Å². The van der Waals surface area contributed by atoms with E-state index in [1.165, 1.54) is 16.7 Å². The van der Waals surface area contributed by atoms with Crippen molar-refractivity contribution >= 4 is 5.97 Å². The summed E-state index contributed by atoms with van der Waals surface area (Å²) >= 11 is 0. The normalized spacial score (nSPS) is 14.0. The molecule has 0 saturated heterocycles. The van der Waals surface area contributed by atoms with Crippen molar-refractivity contribution < 1.29 is 14.6 Å². The Balaban J connectivity index is 2.63. The summed E-state index contributed by atoms with van der Waals surface area (Å²) in [7, 11) is 0. The lowest BCUT2D eigenvalue weighted by molar-refractivity contribution is -0.136. The number of carboxylic acid groups (broad SMARTS) is 1. The molecule has 1 aliphatic rings. The molecule has 0 aromatic heterocycles. The smallest absolute Gasteiger partial charge is 0.307 e. The van der Waals surface area contributed by atoms with E-state index in [0.717, 1.165) is 17.5 Å². The van der Waals surface area contributed by atoms with E-state index in [0.29, 0.717) is 19.1 Å². The largest absolute Gasteiger partial charge is 0.481 e. The van der Waals surface area contributed by atoms with Crippen molar-refractivity contribution in [2.75, 3.05) is 0 Å². The number of aliphatic carboxylic acids is 1. The summed E-state index contributed by atoms with van der Waals surface area (Å²) < 4.78 is 5.52. The highest BCUT2D eigenvalue weighted by Gasteiger charge is 2.23. The van der Waals surface area contributed by atoms with Crippen molar-refractivity contribution in [2.45, 2.75) is 52.7 Å². The monoisotopic (exact) mass is 248 g/mol. The molecular weight excluding hydrogens is 228 g/mol. The third-order valence-corrected chi connectivity index (χ3v) is 3.56. The maximum atomic E-state index is 11.1. The summed E-state index contributed by atoms with van der Waals surface area (Å²) in [6, 6.07) is 2.13. The minimum atomic E-state index is -0.759. The zero-order valence-electron chi connectivity index (χ0n) is 11.2. The molecule has 98 valence electrons. The first-order valence-corrected chi connectivity index (χ1v) is 6.50. The number of rotatable bonds is 4. The highest BCUT2D eigenvalue weighted by Crippen LogP contribution is 2.34. The van der Waals surface area contributed by atoms with E-state index < -0.39 is 5.97 Å². The Morgan fingerprint density at radius 3 is 2.72 bits per heavy atom. The molecule has 1 N–H and O–H groups in total. The zero-order valence-corrected chi connectivity index (χ0v) is 11.2. The summed E-state index contributed by atoms with van der Waals surface area (Å²) in [6.45, 7) is 7.61. The lowest BCUT2D eigenvalue weighted by Crippen LogP contribution is -2.11. The lowest BCUT2D eigenvalue weighted by atomic mass is 9.84. The van der Waals surface area contributed by atoms with Gasteiger partial charge in [-0.3, -0.25) is 4.79 Å². The van der Waals surface area contributed by atoms with Gasteiger partial charge in [-0.15, -0.1) is 0 Å². The Hall–Kier alpha value is -1.35. The maximum Gasteiger partial charge on any atom is 0.307 e. The van der Waals surface area contributed by atoms with Gasteiger partial charge in [-0.05, 0) is 40.2 Å². The quantitative estimate of drug-likeness (QED) is 0.890. The van der Waals surface area contributed by atoms with E-state index in [9.17, 15) is 4.79 Å². The summed E-state index contributed by atoms with van der Waals surface area (Å²) in [5, 5.41) is 9.11. The molecule has 18 heavy (non-hydrogen) atoms. The van der Waals surface area contributed by atoms with Crippen LogP contribution in [0.3, 0.4) is 0 Å². The number of benzene rings is 1. The van der Waals surface area contributed by atoms with Crippen molar-refractivity contribution in [1.82, 2.24) is 0 Å². The highest BCUT2D eigenvalue weighted by atomic mass is 16.5. The molecule has 0 fully saturated rings. The fourth-order valence-corrected chi connectivity index (χ4v) is 2.85. The van der Waals surface area contributed by atoms with E-state index in [1.807, 2.05) is 0 Å². The third kappa shape index (κ3) is 2.27. The van der Waals surface area contributed by atoms with Crippen LogP contribution in [0.15, 0.2) is 6.07 Å². The fourth-order valence-electron chi connectivity index (χ4n) is 2.85. The molecule has 1 heterocycles. The second-order valence-corrected chi connectivity index (χ2v) is 5.14. The van der Waals surface area contributed by atoms with Gasteiger partial charge in [0.05, 0.1) is 19.6 Å². The molecule has 1 aromatic carbocycles. The van der Waals surface area contributed by atoms with Crippen LogP contribution in [0, 0.1) is 0 Å². The highest BCUT2D eigenvalue weighted by molar-refractivity contribution is 5.72. The molecule has 0 radical (unpaired) electrons. The van der Waals surface area contributed by atoms with Crippen LogP contribution in [0.1, 0.15) is 54.5 Å². The van der Waals surface area contributed by atoms with E-state index >= 15 is 0 Å². The first kappa shape index (κ1) is 13.1. The van der Waals surface area contributed by atoms with E-state index in [1.54, 1.807) is 0 Å². The van der Waals surface area contributed by atoms with Gasteiger partial charge < -0.3 is 9.84 Å². The molecule has 0 bridgehead atoms. The number of fused-ring (bicyclic) bond motifs is 1. The Labute approximate surface area is 108 Å². The molecule has 0 atom stereocenters. The van der Waals surface area contributed by atoms with Crippen molar-refractivity contribution in [3.8, 4) is 0 Å². The lowest BCUT2D eigenvalue weighted by Gasteiger charge is -2.19. The molecular formula is C15H20O3. The van der Waals surface area contributed by atoms with Gasteiger partial charge in [0.15, 0.2) is 0 Å². The van der Waals surface area contributed by atoms with Crippen molar-refractivity contribution in [3.63, 3.8) is 0 Å². The first-order chi connectivity index (χ1) is 8.54. The van der Waals surface area contributed by atoms with Gasteiger partial charge in [-0.1, -0.05) is 26.8 Å². The average molecular weight is 248 g/mol. The molecule has 0 spiro atoms. The minimum Gasteiger partial charge on any atom is -0.481 e. The van der Waals surface area contributed by atoms with Crippen molar-refractivity contribution in [2.24, 2.45) is 0 Å². The number of carboxylic acids is 1. The van der Waals surface area contributed by atoms with Crippen molar-refractivity contribution in [3.05, 3.63) is 33.9 Å². The Morgan fingerprint density at radius 1 is 1.44 bits per heavy atom. The van der Waals surface area contributed by atoms with Gasteiger partial charge in [-0.25, -0.2) is 0 Å². The van der Waals surface area contributed by atoms with Gasteiger partial charge in [0.25, 0.3) is 0 Å². The number of ether oxygens (including phenoxy) is 1. The molecule has 1 aliphatic heterocycles. The summed E-state index contributed by atoms with van der Waals surface area (Å²) in [6.07, 6.45) is 0.986. The van der Waals surface area contributed by atoms with Crippen LogP contribution in [0.2, 0.25) is 0 Å². The average Bonchev–Trinajstić information content (AvgIpc) is 2.74. The summed E-state index contributed by atoms with van der Waals surface area (Å²) in [5.41, 5.74) is 5.82. The minimum absolute atomic E-state index is 0.115. The van der Waals surface area contributed by atoms with Gasteiger partial charge >= 0.3 is 5.97 Å². The van der Waals surface area contributed by atoms with Crippen molar-refractivity contribution in [1.29, 1.82) is 0 Å². The Bertz CT molecular complexity index is 475. The van der Waals surface area contributed by atoms with Crippen LogP contribution < -0.4 is 0 Å². The standard InChI is InChI=1S/C15H20O3/c1-4-10-5-11-7-18-8-13(11)15(9(2)3)12(10)6-14(16)17/h5,9H,4,6-8H2,1-3H3,(H,16,17). The Kier molecular flexibility index (Phi) is 3.71. The number of hydrogen-bond acceptors (Lipinski definition) is 2. The number of carbonyl (C=O) groups is 1. The molecule has 0 saturated carbocycles. The van der Waals surface area contributed by atoms with Crippen LogP contribution >= 0.6 is 0 Å². The van der Waals surface area contributed by atoms with Gasteiger partial charge in [-0.2, -0.15) is 0 Å². The second-order valence-electron chi connectivity index (χ2n) is 5.14. The van der Waals surface area contributed by atoms with Crippen LogP contribution in [-0.2, 0) is 35.6 Å². The van der Waals surface area contributed by atoms with E-state index in [-0.39, 0.29) is 6.42 Å². The predicted molar refractivity (Wildman–Crippen MR) is 69.7 cm³/mol. The summed E-state index contributed by atoms with van der Waals surface area (Å²) in [4.78, 5) is 11.1. The first-order valence-electron chi connectivity index (χ1n) is 6.50. The Morgan fingerprint density at radius 2 is 2.17 bits per heavy atom. The van der Waals surface area contributed by atoms with Crippen LogP contribution in [0.25, 0.3) is 0 Å².